The molecular formula is C26H18BrN3O5. The highest BCUT2D eigenvalue weighted by Crippen LogP contribution is 2.31. The van der Waals surface area contributed by atoms with Gasteiger partial charge in [0.15, 0.2) is 17.6 Å². The van der Waals surface area contributed by atoms with Gasteiger partial charge in [0.2, 0.25) is 0 Å². The Morgan fingerprint density at radius 2 is 1.54 bits per heavy atom. The Bertz CT molecular complexity index is 1510. The number of carbonyl (C=O) groups is 2. The van der Waals surface area contributed by atoms with Crippen LogP contribution in [0.5, 0.6) is 0 Å². The molecule has 2 aromatic carbocycles. The van der Waals surface area contributed by atoms with Gasteiger partial charge in [-0.05, 0) is 77.5 Å². The Kier molecular flexibility index (Phi) is 6.15. The molecule has 5 aromatic rings. The first-order valence-corrected chi connectivity index (χ1v) is 11.4. The van der Waals surface area contributed by atoms with Crippen LogP contribution < -0.4 is 5.32 Å². The molecule has 0 aliphatic carbocycles. The van der Waals surface area contributed by atoms with E-state index in [0.29, 0.717) is 39.6 Å². The first-order valence-electron chi connectivity index (χ1n) is 10.7. The van der Waals surface area contributed by atoms with E-state index in [-0.39, 0.29) is 5.56 Å². The maximum absolute atomic E-state index is 12.8. The summed E-state index contributed by atoms with van der Waals surface area (Å²) < 4.78 is 17.2. The van der Waals surface area contributed by atoms with E-state index in [1.54, 1.807) is 73.2 Å². The van der Waals surface area contributed by atoms with E-state index >= 15 is 0 Å². The lowest BCUT2D eigenvalue weighted by Gasteiger charge is -2.14. The number of halogens is 1. The lowest BCUT2D eigenvalue weighted by Crippen LogP contribution is -2.30. The van der Waals surface area contributed by atoms with Crippen molar-refractivity contribution in [2.75, 3.05) is 5.32 Å². The Morgan fingerprint density at radius 3 is 2.17 bits per heavy atom. The molecule has 0 aliphatic heterocycles. The van der Waals surface area contributed by atoms with Crippen molar-refractivity contribution >= 4 is 44.5 Å². The van der Waals surface area contributed by atoms with Crippen molar-refractivity contribution in [2.24, 2.45) is 0 Å². The number of amides is 1. The second-order valence-corrected chi connectivity index (χ2v) is 8.45. The molecule has 5 rings (SSSR count). The number of benzene rings is 2. The van der Waals surface area contributed by atoms with E-state index in [0.717, 1.165) is 4.47 Å². The largest absolute Gasteiger partial charge is 0.463 e. The average molecular weight is 532 g/mol. The summed E-state index contributed by atoms with van der Waals surface area (Å²) in [4.78, 5) is 34.7. The topological polar surface area (TPSA) is 107 Å². The molecule has 3 aromatic heterocycles. The van der Waals surface area contributed by atoms with Gasteiger partial charge in [0.1, 0.15) is 11.4 Å². The van der Waals surface area contributed by atoms with Crippen LogP contribution in [0.2, 0.25) is 0 Å². The number of nitrogens with zero attached hydrogens (tertiary/aromatic N) is 2. The summed E-state index contributed by atoms with van der Waals surface area (Å²) in [6.07, 6.45) is 2.08. The van der Waals surface area contributed by atoms with Crippen molar-refractivity contribution in [2.45, 2.75) is 13.0 Å². The molecule has 0 radical (unpaired) electrons. The van der Waals surface area contributed by atoms with Crippen molar-refractivity contribution in [3.8, 4) is 22.9 Å². The van der Waals surface area contributed by atoms with Crippen LogP contribution in [0.1, 0.15) is 17.3 Å². The molecule has 0 bridgehead atoms. The molecule has 8 nitrogen and oxygen atoms in total. The fourth-order valence-electron chi connectivity index (χ4n) is 3.43. The second-order valence-electron chi connectivity index (χ2n) is 7.60. The quantitative estimate of drug-likeness (QED) is 0.264. The van der Waals surface area contributed by atoms with Gasteiger partial charge in [0, 0.05) is 4.47 Å². The number of aromatic nitrogens is 2. The number of hydrogen-bond donors (Lipinski definition) is 1. The van der Waals surface area contributed by atoms with Crippen LogP contribution in [0.25, 0.3) is 33.9 Å². The van der Waals surface area contributed by atoms with Crippen LogP contribution in [0.4, 0.5) is 5.69 Å². The first kappa shape index (κ1) is 22.5. The highest BCUT2D eigenvalue weighted by Gasteiger charge is 2.22. The van der Waals surface area contributed by atoms with Gasteiger partial charge in [-0.2, -0.15) is 0 Å². The zero-order chi connectivity index (χ0) is 24.4. The van der Waals surface area contributed by atoms with Crippen molar-refractivity contribution in [3.63, 3.8) is 0 Å². The van der Waals surface area contributed by atoms with E-state index in [4.69, 9.17) is 13.6 Å². The van der Waals surface area contributed by atoms with Gasteiger partial charge < -0.3 is 18.9 Å². The van der Waals surface area contributed by atoms with E-state index in [9.17, 15) is 9.59 Å². The van der Waals surface area contributed by atoms with Gasteiger partial charge in [-0.3, -0.25) is 4.79 Å². The second kappa shape index (κ2) is 9.55. The van der Waals surface area contributed by atoms with Crippen molar-refractivity contribution in [1.82, 2.24) is 9.97 Å². The van der Waals surface area contributed by atoms with Crippen LogP contribution in [-0.4, -0.2) is 27.9 Å². The molecule has 0 spiro atoms. The summed E-state index contributed by atoms with van der Waals surface area (Å²) in [5.74, 6) is -0.0533. The molecule has 0 saturated carbocycles. The van der Waals surface area contributed by atoms with E-state index in [2.05, 4.69) is 31.2 Å². The lowest BCUT2D eigenvalue weighted by molar-refractivity contribution is -0.123. The SMILES string of the molecule is CC(OC(=O)c1ccc2nc(-c3ccco3)c(-c3ccco3)nc2c1)C(=O)Nc1ccccc1Br. The highest BCUT2D eigenvalue weighted by atomic mass is 79.9. The van der Waals surface area contributed by atoms with E-state index in [1.807, 2.05) is 6.07 Å². The van der Waals surface area contributed by atoms with Gasteiger partial charge in [0.05, 0.1) is 34.8 Å². The number of anilines is 1. The molecule has 9 heteroatoms. The van der Waals surface area contributed by atoms with Crippen LogP contribution in [-0.2, 0) is 9.53 Å². The molecule has 1 atom stereocenters. The molecule has 1 N–H and O–H groups in total. The number of nitrogens with one attached hydrogen (secondary N) is 1. The number of fused-ring (bicyclic) bond motifs is 1. The molecular weight excluding hydrogens is 514 g/mol. The summed E-state index contributed by atoms with van der Waals surface area (Å²) in [7, 11) is 0. The predicted molar refractivity (Wildman–Crippen MR) is 133 cm³/mol. The average Bonchev–Trinajstić information content (AvgIpc) is 3.59. The summed E-state index contributed by atoms with van der Waals surface area (Å²) >= 11 is 3.37. The minimum Gasteiger partial charge on any atom is -0.463 e. The minimum atomic E-state index is -1.02. The zero-order valence-electron chi connectivity index (χ0n) is 18.4. The molecule has 0 aliphatic rings. The molecule has 1 unspecified atom stereocenters. The smallest absolute Gasteiger partial charge is 0.338 e. The normalized spacial score (nSPS) is 11.8. The molecule has 3 heterocycles. The number of esters is 1. The van der Waals surface area contributed by atoms with Crippen molar-refractivity contribution in [3.05, 3.63) is 89.3 Å². The minimum absolute atomic E-state index is 0.239. The Labute approximate surface area is 208 Å². The molecule has 0 saturated heterocycles. The van der Waals surface area contributed by atoms with Gasteiger partial charge >= 0.3 is 5.97 Å². The monoisotopic (exact) mass is 531 g/mol. The number of rotatable bonds is 6. The van der Waals surface area contributed by atoms with Gasteiger partial charge in [-0.25, -0.2) is 14.8 Å². The van der Waals surface area contributed by atoms with Crippen LogP contribution >= 0.6 is 15.9 Å². The fourth-order valence-corrected chi connectivity index (χ4v) is 3.81. The fraction of sp³-hybridized carbons (Fsp3) is 0.0769. The Hall–Kier alpha value is -4.24. The third-order valence-corrected chi connectivity index (χ3v) is 5.89. The molecule has 1 amide bonds. The third kappa shape index (κ3) is 4.71. The number of furan rings is 2. The molecule has 35 heavy (non-hydrogen) atoms. The predicted octanol–water partition coefficient (Wildman–Crippen LogP) is 6.10. The highest BCUT2D eigenvalue weighted by molar-refractivity contribution is 9.10. The van der Waals surface area contributed by atoms with Crippen LogP contribution in [0, 0.1) is 0 Å². The Morgan fingerprint density at radius 1 is 0.886 bits per heavy atom. The number of hydrogen-bond acceptors (Lipinski definition) is 7. The van der Waals surface area contributed by atoms with Crippen LogP contribution in [0.3, 0.4) is 0 Å². The summed E-state index contributed by atoms with van der Waals surface area (Å²) in [5, 5.41) is 2.73. The summed E-state index contributed by atoms with van der Waals surface area (Å²) in [6.45, 7) is 1.51. The van der Waals surface area contributed by atoms with Crippen molar-refractivity contribution < 1.29 is 23.2 Å². The standard InChI is InChI=1S/C26H18BrN3O5/c1-15(25(31)30-18-7-3-2-6-17(18)27)35-26(32)16-10-11-19-20(14-16)29-24(22-9-5-13-34-22)23(28-19)21-8-4-12-33-21/h2-15H,1H3,(H,30,31). The van der Waals surface area contributed by atoms with Crippen molar-refractivity contribution in [1.29, 1.82) is 0 Å². The van der Waals surface area contributed by atoms with Gasteiger partial charge in [-0.1, -0.05) is 12.1 Å². The van der Waals surface area contributed by atoms with Gasteiger partial charge in [0.25, 0.3) is 5.91 Å². The number of para-hydroxylation sites is 1. The first-order chi connectivity index (χ1) is 17.0. The maximum Gasteiger partial charge on any atom is 0.338 e. The lowest BCUT2D eigenvalue weighted by atomic mass is 10.1. The summed E-state index contributed by atoms with van der Waals surface area (Å²) in [6, 6.07) is 19.1. The van der Waals surface area contributed by atoms with Crippen LogP contribution in [0.15, 0.2) is 92.6 Å². The van der Waals surface area contributed by atoms with E-state index < -0.39 is 18.0 Å². The zero-order valence-corrected chi connectivity index (χ0v) is 20.0. The number of ether oxygens (including phenoxy) is 1. The molecule has 174 valence electrons. The van der Waals surface area contributed by atoms with Gasteiger partial charge in [-0.15, -0.1) is 0 Å². The maximum atomic E-state index is 12.8. The third-order valence-electron chi connectivity index (χ3n) is 5.19. The summed E-state index contributed by atoms with van der Waals surface area (Å²) in [5.41, 5.74) is 2.84. The number of carbonyl (C=O) groups excluding carboxylic acids is 2. The Balaban J connectivity index is 1.41. The molecule has 0 fully saturated rings. The van der Waals surface area contributed by atoms with E-state index in [1.165, 1.54) is 6.92 Å².